The number of aromatic nitrogens is 1. The highest BCUT2D eigenvalue weighted by Gasteiger charge is 2.04. The SMILES string of the molecule is Cc1ccsc1/C=N/Nc1cc(C)c2cccc(C)c2n1. The molecule has 2 heterocycles. The molecule has 0 unspecified atom stereocenters. The number of benzene rings is 1. The Hall–Kier alpha value is -2.20. The van der Waals surface area contributed by atoms with E-state index >= 15 is 0 Å². The average molecular weight is 295 g/mol. The van der Waals surface area contributed by atoms with Gasteiger partial charge in [0.2, 0.25) is 0 Å². The Bertz CT molecular complexity index is 818. The van der Waals surface area contributed by atoms with Gasteiger partial charge in [0.25, 0.3) is 0 Å². The van der Waals surface area contributed by atoms with Gasteiger partial charge in [0, 0.05) is 10.3 Å². The molecule has 0 saturated heterocycles. The molecule has 3 rings (SSSR count). The third-order valence-electron chi connectivity index (χ3n) is 3.51. The second-order valence-electron chi connectivity index (χ2n) is 5.13. The number of para-hydroxylation sites is 1. The van der Waals surface area contributed by atoms with Crippen LogP contribution in [0, 0.1) is 20.8 Å². The lowest BCUT2D eigenvalue weighted by Crippen LogP contribution is -1.96. The summed E-state index contributed by atoms with van der Waals surface area (Å²) in [5.74, 6) is 0.778. The lowest BCUT2D eigenvalue weighted by atomic mass is 10.1. The molecule has 106 valence electrons. The van der Waals surface area contributed by atoms with Gasteiger partial charge in [0.1, 0.15) is 5.82 Å². The topological polar surface area (TPSA) is 37.3 Å². The summed E-state index contributed by atoms with van der Waals surface area (Å²) < 4.78 is 0. The second-order valence-corrected chi connectivity index (χ2v) is 6.08. The van der Waals surface area contributed by atoms with E-state index in [1.807, 2.05) is 12.3 Å². The number of pyridine rings is 1. The number of nitrogens with one attached hydrogen (secondary N) is 1. The molecule has 0 saturated carbocycles. The molecule has 0 bridgehead atoms. The highest BCUT2D eigenvalue weighted by molar-refractivity contribution is 7.11. The highest BCUT2D eigenvalue weighted by atomic mass is 32.1. The molecular formula is C17H17N3S. The maximum atomic E-state index is 4.66. The molecule has 0 spiro atoms. The summed E-state index contributed by atoms with van der Waals surface area (Å²) >= 11 is 1.68. The lowest BCUT2D eigenvalue weighted by Gasteiger charge is -2.07. The quantitative estimate of drug-likeness (QED) is 0.563. The maximum absolute atomic E-state index is 4.66. The lowest BCUT2D eigenvalue weighted by molar-refractivity contribution is 1.24. The summed E-state index contributed by atoms with van der Waals surface area (Å²) in [5, 5.41) is 7.56. The van der Waals surface area contributed by atoms with Crippen LogP contribution in [0.4, 0.5) is 5.82 Å². The van der Waals surface area contributed by atoms with Crippen LogP contribution < -0.4 is 5.43 Å². The fourth-order valence-corrected chi connectivity index (χ4v) is 3.08. The molecule has 0 atom stereocenters. The van der Waals surface area contributed by atoms with Crippen LogP contribution in [0.3, 0.4) is 0 Å². The zero-order valence-electron chi connectivity index (χ0n) is 12.3. The zero-order chi connectivity index (χ0) is 14.8. The number of rotatable bonds is 3. The van der Waals surface area contributed by atoms with E-state index in [2.05, 4.69) is 65.9 Å². The van der Waals surface area contributed by atoms with Gasteiger partial charge >= 0.3 is 0 Å². The van der Waals surface area contributed by atoms with Crippen molar-refractivity contribution in [2.75, 3.05) is 5.43 Å². The summed E-state index contributed by atoms with van der Waals surface area (Å²) in [7, 11) is 0. The largest absolute Gasteiger partial charge is 0.261 e. The second kappa shape index (κ2) is 5.66. The van der Waals surface area contributed by atoms with Gasteiger partial charge in [-0.1, -0.05) is 18.2 Å². The van der Waals surface area contributed by atoms with Crippen LogP contribution in [0.15, 0.2) is 40.8 Å². The fraction of sp³-hybridized carbons (Fsp3) is 0.176. The number of aryl methyl sites for hydroxylation is 3. The number of thiophene rings is 1. The van der Waals surface area contributed by atoms with E-state index in [0.29, 0.717) is 0 Å². The van der Waals surface area contributed by atoms with Crippen molar-refractivity contribution in [3.05, 3.63) is 57.3 Å². The minimum Gasteiger partial charge on any atom is -0.261 e. The van der Waals surface area contributed by atoms with E-state index in [1.54, 1.807) is 11.3 Å². The van der Waals surface area contributed by atoms with E-state index in [1.165, 1.54) is 22.1 Å². The molecule has 0 radical (unpaired) electrons. The monoisotopic (exact) mass is 295 g/mol. The van der Waals surface area contributed by atoms with Crippen molar-refractivity contribution in [3.8, 4) is 0 Å². The Morgan fingerprint density at radius 2 is 1.95 bits per heavy atom. The van der Waals surface area contributed by atoms with Crippen LogP contribution in [-0.2, 0) is 0 Å². The van der Waals surface area contributed by atoms with Gasteiger partial charge < -0.3 is 0 Å². The summed E-state index contributed by atoms with van der Waals surface area (Å²) in [6.45, 7) is 6.26. The third-order valence-corrected chi connectivity index (χ3v) is 4.46. The normalized spacial score (nSPS) is 11.4. The molecule has 1 aromatic carbocycles. The standard InChI is InChI=1S/C17H17N3S/c1-11-7-8-21-15(11)10-18-20-16-9-13(3)14-6-4-5-12(2)17(14)19-16/h4-10H,1-3H3,(H,19,20)/b18-10+. The molecule has 3 nitrogen and oxygen atoms in total. The number of anilines is 1. The number of hydrogen-bond donors (Lipinski definition) is 1. The summed E-state index contributed by atoms with van der Waals surface area (Å²) in [5.41, 5.74) is 7.69. The van der Waals surface area contributed by atoms with Gasteiger partial charge in [-0.2, -0.15) is 5.10 Å². The first-order chi connectivity index (χ1) is 10.1. The highest BCUT2D eigenvalue weighted by Crippen LogP contribution is 2.22. The van der Waals surface area contributed by atoms with Gasteiger partial charge in [-0.3, -0.25) is 5.43 Å². The first-order valence-corrected chi connectivity index (χ1v) is 7.73. The van der Waals surface area contributed by atoms with Crippen molar-refractivity contribution < 1.29 is 0 Å². The third kappa shape index (κ3) is 2.81. The van der Waals surface area contributed by atoms with Crippen LogP contribution in [0.25, 0.3) is 10.9 Å². The molecular weight excluding hydrogens is 278 g/mol. The van der Waals surface area contributed by atoms with Gasteiger partial charge in [0.15, 0.2) is 0 Å². The van der Waals surface area contributed by atoms with Crippen LogP contribution in [0.5, 0.6) is 0 Å². The van der Waals surface area contributed by atoms with Crippen molar-refractivity contribution >= 4 is 34.3 Å². The van der Waals surface area contributed by atoms with E-state index in [4.69, 9.17) is 0 Å². The first kappa shape index (κ1) is 13.8. The van der Waals surface area contributed by atoms with Crippen molar-refractivity contribution in [2.45, 2.75) is 20.8 Å². The number of nitrogens with zero attached hydrogens (tertiary/aromatic N) is 2. The van der Waals surface area contributed by atoms with E-state index in [0.717, 1.165) is 16.2 Å². The number of hydrazone groups is 1. The van der Waals surface area contributed by atoms with Crippen LogP contribution >= 0.6 is 11.3 Å². The molecule has 4 heteroatoms. The molecule has 0 aliphatic heterocycles. The fourth-order valence-electron chi connectivity index (χ4n) is 2.29. The summed E-state index contributed by atoms with van der Waals surface area (Å²) in [4.78, 5) is 5.82. The number of hydrogen-bond acceptors (Lipinski definition) is 4. The number of fused-ring (bicyclic) bond motifs is 1. The van der Waals surface area contributed by atoms with Crippen LogP contribution in [0.1, 0.15) is 21.6 Å². The average Bonchev–Trinajstić information content (AvgIpc) is 2.86. The van der Waals surface area contributed by atoms with Gasteiger partial charge in [0.05, 0.1) is 11.7 Å². The van der Waals surface area contributed by atoms with Crippen molar-refractivity contribution in [1.82, 2.24) is 4.98 Å². The molecule has 3 aromatic rings. The minimum absolute atomic E-state index is 0.778. The van der Waals surface area contributed by atoms with Crippen molar-refractivity contribution in [1.29, 1.82) is 0 Å². The molecule has 1 N–H and O–H groups in total. The minimum atomic E-state index is 0.778. The molecule has 0 aliphatic rings. The Morgan fingerprint density at radius 3 is 2.71 bits per heavy atom. The van der Waals surface area contributed by atoms with Crippen molar-refractivity contribution in [3.63, 3.8) is 0 Å². The predicted octanol–water partition coefficient (Wildman–Crippen LogP) is 4.67. The van der Waals surface area contributed by atoms with Gasteiger partial charge in [-0.15, -0.1) is 11.3 Å². The Labute approximate surface area is 128 Å². The Balaban J connectivity index is 1.89. The maximum Gasteiger partial charge on any atom is 0.147 e. The zero-order valence-corrected chi connectivity index (χ0v) is 13.2. The summed E-state index contributed by atoms with van der Waals surface area (Å²) in [6, 6.07) is 10.4. The van der Waals surface area contributed by atoms with E-state index in [9.17, 15) is 0 Å². The van der Waals surface area contributed by atoms with E-state index in [-0.39, 0.29) is 0 Å². The Kier molecular flexibility index (Phi) is 3.71. The predicted molar refractivity (Wildman–Crippen MR) is 91.5 cm³/mol. The molecule has 0 fully saturated rings. The smallest absolute Gasteiger partial charge is 0.147 e. The molecule has 0 aliphatic carbocycles. The summed E-state index contributed by atoms with van der Waals surface area (Å²) in [6.07, 6.45) is 1.85. The van der Waals surface area contributed by atoms with E-state index < -0.39 is 0 Å². The van der Waals surface area contributed by atoms with Crippen LogP contribution in [0.2, 0.25) is 0 Å². The van der Waals surface area contributed by atoms with Gasteiger partial charge in [-0.25, -0.2) is 4.98 Å². The Morgan fingerprint density at radius 1 is 1.10 bits per heavy atom. The molecule has 21 heavy (non-hydrogen) atoms. The molecule has 0 amide bonds. The van der Waals surface area contributed by atoms with Gasteiger partial charge in [-0.05, 0) is 55.0 Å². The van der Waals surface area contributed by atoms with Crippen molar-refractivity contribution in [2.24, 2.45) is 5.10 Å². The van der Waals surface area contributed by atoms with Crippen LogP contribution in [-0.4, -0.2) is 11.2 Å². The molecule has 2 aromatic heterocycles. The first-order valence-electron chi connectivity index (χ1n) is 6.85.